The molecular weight excluding hydrogens is 164 g/mol. The van der Waals surface area contributed by atoms with Crippen molar-refractivity contribution in [2.24, 2.45) is 5.73 Å². The Balaban J connectivity index is 0.000000671. The van der Waals surface area contributed by atoms with Crippen LogP contribution in [0.1, 0.15) is 26.6 Å². The summed E-state index contributed by atoms with van der Waals surface area (Å²) in [4.78, 5) is 3.92. The van der Waals surface area contributed by atoms with Crippen LogP contribution in [0.2, 0.25) is 0 Å². The second kappa shape index (κ2) is 5.99. The van der Waals surface area contributed by atoms with Crippen molar-refractivity contribution in [3.8, 4) is 0 Å². The summed E-state index contributed by atoms with van der Waals surface area (Å²) in [6, 6.07) is 0. The Kier molecular flexibility index (Phi) is 5.27. The van der Waals surface area contributed by atoms with E-state index in [-0.39, 0.29) is 0 Å². The zero-order chi connectivity index (χ0) is 10.3. The molecule has 0 amide bonds. The van der Waals surface area contributed by atoms with Gasteiger partial charge in [-0.1, -0.05) is 20.4 Å². The standard InChI is InChI=1S/C7H10N4.C2H6/c1-3-7-9-5-10-11(7)4-6(2)8;1-2/h3-5H,1,8H2,2H3;1-2H3/b6-4+;. The maximum atomic E-state index is 5.45. The topological polar surface area (TPSA) is 56.7 Å². The highest BCUT2D eigenvalue weighted by Gasteiger charge is 1.94. The van der Waals surface area contributed by atoms with E-state index >= 15 is 0 Å². The molecule has 0 unspecified atom stereocenters. The average molecular weight is 180 g/mol. The predicted octanol–water partition coefficient (Wildman–Crippen LogP) is 1.72. The predicted molar refractivity (Wildman–Crippen MR) is 55.6 cm³/mol. The van der Waals surface area contributed by atoms with E-state index in [0.717, 1.165) is 0 Å². The lowest BCUT2D eigenvalue weighted by molar-refractivity contribution is 0.913. The average Bonchev–Trinajstić information content (AvgIpc) is 2.54. The molecule has 0 fully saturated rings. The third-order valence-corrected chi connectivity index (χ3v) is 1.11. The third-order valence-electron chi connectivity index (χ3n) is 1.11. The molecular formula is C9H16N4. The van der Waals surface area contributed by atoms with E-state index in [9.17, 15) is 0 Å². The number of aromatic nitrogens is 3. The largest absolute Gasteiger partial charge is 0.401 e. The van der Waals surface area contributed by atoms with Crippen LogP contribution in [-0.4, -0.2) is 14.8 Å². The van der Waals surface area contributed by atoms with Gasteiger partial charge in [-0.2, -0.15) is 5.10 Å². The summed E-state index contributed by atoms with van der Waals surface area (Å²) < 4.78 is 1.57. The van der Waals surface area contributed by atoms with Crippen molar-refractivity contribution in [2.45, 2.75) is 20.8 Å². The van der Waals surface area contributed by atoms with Gasteiger partial charge in [0.05, 0.1) is 0 Å². The maximum absolute atomic E-state index is 5.45. The van der Waals surface area contributed by atoms with E-state index in [1.807, 2.05) is 13.8 Å². The Bertz CT molecular complexity index is 282. The summed E-state index contributed by atoms with van der Waals surface area (Å²) in [6.45, 7) is 9.36. The zero-order valence-electron chi connectivity index (χ0n) is 8.36. The van der Waals surface area contributed by atoms with E-state index < -0.39 is 0 Å². The zero-order valence-corrected chi connectivity index (χ0v) is 8.36. The first-order valence-electron chi connectivity index (χ1n) is 4.20. The molecule has 4 heteroatoms. The summed E-state index contributed by atoms with van der Waals surface area (Å²) in [5.74, 6) is 0.690. The highest BCUT2D eigenvalue weighted by molar-refractivity contribution is 5.41. The Morgan fingerprint density at radius 2 is 2.23 bits per heavy atom. The van der Waals surface area contributed by atoms with Crippen LogP contribution in [0.4, 0.5) is 0 Å². The first-order valence-corrected chi connectivity index (χ1v) is 4.20. The molecule has 13 heavy (non-hydrogen) atoms. The fraction of sp³-hybridized carbons (Fsp3) is 0.333. The van der Waals surface area contributed by atoms with E-state index in [2.05, 4.69) is 16.7 Å². The van der Waals surface area contributed by atoms with Gasteiger partial charge in [-0.15, -0.1) is 0 Å². The Labute approximate surface area is 78.8 Å². The second-order valence-electron chi connectivity index (χ2n) is 2.14. The molecule has 0 aromatic carbocycles. The van der Waals surface area contributed by atoms with Gasteiger partial charge < -0.3 is 5.73 Å². The minimum absolute atomic E-state index is 0.679. The molecule has 1 heterocycles. The molecule has 72 valence electrons. The van der Waals surface area contributed by atoms with E-state index in [1.54, 1.807) is 23.9 Å². The highest BCUT2D eigenvalue weighted by atomic mass is 15.3. The van der Waals surface area contributed by atoms with Gasteiger partial charge in [0.2, 0.25) is 0 Å². The van der Waals surface area contributed by atoms with E-state index in [4.69, 9.17) is 5.73 Å². The van der Waals surface area contributed by atoms with Crippen molar-refractivity contribution in [3.05, 3.63) is 24.4 Å². The first kappa shape index (κ1) is 11.4. The quantitative estimate of drug-likeness (QED) is 0.754. The van der Waals surface area contributed by atoms with Crippen molar-refractivity contribution in [3.63, 3.8) is 0 Å². The summed E-state index contributed by atoms with van der Waals surface area (Å²) in [6.07, 6.45) is 4.76. The van der Waals surface area contributed by atoms with Crippen molar-refractivity contribution in [2.75, 3.05) is 0 Å². The summed E-state index contributed by atoms with van der Waals surface area (Å²) >= 11 is 0. The summed E-state index contributed by atoms with van der Waals surface area (Å²) in [5.41, 5.74) is 6.12. The van der Waals surface area contributed by atoms with Crippen molar-refractivity contribution in [1.29, 1.82) is 0 Å². The van der Waals surface area contributed by atoms with Crippen LogP contribution in [0.5, 0.6) is 0 Å². The molecule has 0 aliphatic heterocycles. The molecule has 0 spiro atoms. The normalized spacial score (nSPS) is 10.2. The number of rotatable bonds is 2. The lowest BCUT2D eigenvalue weighted by atomic mass is 10.5. The van der Waals surface area contributed by atoms with Gasteiger partial charge in [0.1, 0.15) is 6.33 Å². The molecule has 0 aliphatic carbocycles. The second-order valence-corrected chi connectivity index (χ2v) is 2.14. The lowest BCUT2D eigenvalue weighted by Gasteiger charge is -1.94. The molecule has 4 nitrogen and oxygen atoms in total. The molecule has 2 N–H and O–H groups in total. The van der Waals surface area contributed by atoms with Crippen molar-refractivity contribution < 1.29 is 0 Å². The van der Waals surface area contributed by atoms with Crippen LogP contribution in [0.3, 0.4) is 0 Å². The minimum atomic E-state index is 0.679. The monoisotopic (exact) mass is 180 g/mol. The molecule has 0 radical (unpaired) electrons. The van der Waals surface area contributed by atoms with Crippen LogP contribution < -0.4 is 5.73 Å². The van der Waals surface area contributed by atoms with Crippen LogP contribution in [-0.2, 0) is 0 Å². The minimum Gasteiger partial charge on any atom is -0.401 e. The van der Waals surface area contributed by atoms with Crippen molar-refractivity contribution >= 4 is 12.3 Å². The molecule has 1 rings (SSSR count). The van der Waals surface area contributed by atoms with Crippen LogP contribution >= 0.6 is 0 Å². The van der Waals surface area contributed by atoms with Gasteiger partial charge in [0.25, 0.3) is 0 Å². The maximum Gasteiger partial charge on any atom is 0.154 e. The van der Waals surface area contributed by atoms with Gasteiger partial charge in [0.15, 0.2) is 5.82 Å². The third kappa shape index (κ3) is 3.55. The summed E-state index contributed by atoms with van der Waals surface area (Å²) in [7, 11) is 0. The molecule has 0 bridgehead atoms. The lowest BCUT2D eigenvalue weighted by Crippen LogP contribution is -1.98. The molecule has 0 atom stereocenters. The van der Waals surface area contributed by atoms with Gasteiger partial charge in [-0.3, -0.25) is 0 Å². The smallest absolute Gasteiger partial charge is 0.154 e. The number of nitrogens with zero attached hydrogens (tertiary/aromatic N) is 3. The van der Waals surface area contributed by atoms with Gasteiger partial charge in [-0.25, -0.2) is 9.67 Å². The van der Waals surface area contributed by atoms with Crippen LogP contribution in [0.25, 0.3) is 12.3 Å². The Hall–Kier alpha value is -1.58. The highest BCUT2D eigenvalue weighted by Crippen LogP contribution is 1.96. The number of hydrogen-bond donors (Lipinski definition) is 1. The number of hydrogen-bond acceptors (Lipinski definition) is 3. The van der Waals surface area contributed by atoms with Gasteiger partial charge in [-0.05, 0) is 13.0 Å². The SMILES string of the molecule is C=Cc1ncnn1/C=C(\C)N.CC. The first-order chi connectivity index (χ1) is 6.24. The summed E-state index contributed by atoms with van der Waals surface area (Å²) in [5, 5.41) is 3.91. The van der Waals surface area contributed by atoms with E-state index in [1.165, 1.54) is 6.33 Å². The number of nitrogens with two attached hydrogens (primary N) is 1. The number of allylic oxidation sites excluding steroid dienone is 1. The van der Waals surface area contributed by atoms with Gasteiger partial charge >= 0.3 is 0 Å². The molecule has 0 saturated carbocycles. The van der Waals surface area contributed by atoms with Crippen molar-refractivity contribution in [1.82, 2.24) is 14.8 Å². The van der Waals surface area contributed by atoms with Crippen LogP contribution in [0, 0.1) is 0 Å². The van der Waals surface area contributed by atoms with Gasteiger partial charge in [0, 0.05) is 11.9 Å². The Morgan fingerprint density at radius 1 is 1.62 bits per heavy atom. The molecule has 1 aromatic heterocycles. The fourth-order valence-corrected chi connectivity index (χ4v) is 0.698. The molecule has 0 aliphatic rings. The van der Waals surface area contributed by atoms with Crippen LogP contribution in [0.15, 0.2) is 18.6 Å². The van der Waals surface area contributed by atoms with E-state index in [0.29, 0.717) is 11.5 Å². The Morgan fingerprint density at radius 3 is 2.69 bits per heavy atom. The molecule has 0 saturated heterocycles. The molecule has 1 aromatic rings. The fourth-order valence-electron chi connectivity index (χ4n) is 0.698.